The lowest BCUT2D eigenvalue weighted by Gasteiger charge is -2.17. The van der Waals surface area contributed by atoms with Crippen LogP contribution in [0.2, 0.25) is 0 Å². The van der Waals surface area contributed by atoms with Crippen LogP contribution in [0.4, 0.5) is 5.95 Å². The lowest BCUT2D eigenvalue weighted by molar-refractivity contribution is -0.120. The summed E-state index contributed by atoms with van der Waals surface area (Å²) in [7, 11) is 0. The Bertz CT molecular complexity index is 880. The van der Waals surface area contributed by atoms with Gasteiger partial charge in [0.15, 0.2) is 0 Å². The number of nitrogens with zero attached hydrogens (tertiary/aromatic N) is 3. The smallest absolute Gasteiger partial charge is 0.229 e. The summed E-state index contributed by atoms with van der Waals surface area (Å²) in [5.41, 5.74) is 3.07. The fourth-order valence-corrected chi connectivity index (χ4v) is 2.35. The topological polar surface area (TPSA) is 70.7 Å². The van der Waals surface area contributed by atoms with Crippen molar-refractivity contribution in [3.63, 3.8) is 0 Å². The van der Waals surface area contributed by atoms with Crippen molar-refractivity contribution in [2.75, 3.05) is 5.32 Å². The number of nitriles is 1. The van der Waals surface area contributed by atoms with Crippen LogP contribution < -0.4 is 5.32 Å². The number of carbonyl (C=O) groups is 1. The van der Waals surface area contributed by atoms with Crippen molar-refractivity contribution in [3.05, 3.63) is 42.0 Å². The van der Waals surface area contributed by atoms with Crippen LogP contribution in [0.15, 0.2) is 36.4 Å². The number of hydrogen-bond acceptors (Lipinski definition) is 3. The molecule has 1 amide bonds. The van der Waals surface area contributed by atoms with Gasteiger partial charge in [-0.05, 0) is 36.3 Å². The molecule has 2 aromatic rings. The molecule has 0 fully saturated rings. The molecule has 0 spiro atoms. The quantitative estimate of drug-likeness (QED) is 0.939. The number of amides is 1. The third-order valence-electron chi connectivity index (χ3n) is 4.22. The van der Waals surface area contributed by atoms with Gasteiger partial charge < -0.3 is 0 Å². The van der Waals surface area contributed by atoms with Crippen molar-refractivity contribution >= 4 is 28.6 Å². The summed E-state index contributed by atoms with van der Waals surface area (Å²) >= 11 is 0. The molecule has 0 aliphatic heterocycles. The van der Waals surface area contributed by atoms with Crippen molar-refractivity contribution in [1.29, 1.82) is 5.26 Å². The zero-order chi connectivity index (χ0) is 16.6. The van der Waals surface area contributed by atoms with E-state index in [1.807, 2.05) is 43.6 Å². The molecule has 1 heterocycles. The van der Waals surface area contributed by atoms with E-state index >= 15 is 0 Å². The van der Waals surface area contributed by atoms with E-state index in [0.717, 1.165) is 16.7 Å². The zero-order valence-corrected chi connectivity index (χ0v) is 13.4. The maximum absolute atomic E-state index is 12.4. The molecule has 0 saturated carbocycles. The van der Waals surface area contributed by atoms with Gasteiger partial charge in [-0.25, -0.2) is 4.98 Å². The first-order valence-corrected chi connectivity index (χ1v) is 7.63. The molecule has 1 aromatic carbocycles. The van der Waals surface area contributed by atoms with Gasteiger partial charge in [-0.2, -0.15) is 5.26 Å². The van der Waals surface area contributed by atoms with Crippen molar-refractivity contribution in [2.24, 2.45) is 11.8 Å². The fourth-order valence-electron chi connectivity index (χ4n) is 2.35. The van der Waals surface area contributed by atoms with Crippen molar-refractivity contribution in [1.82, 2.24) is 9.55 Å². The van der Waals surface area contributed by atoms with E-state index in [9.17, 15) is 4.79 Å². The standard InChI is InChI=1S/C18H18N4O/c1-11(2)12(3)17(23)21-18-20-15-8-7-13(10-19)9-16(15)22(18)14-5-4-6-14/h4-9,11-12H,1-3H3,(H,20,21,23)/t12-/m0/s1. The first kappa shape index (κ1) is 15.0. The van der Waals surface area contributed by atoms with Crippen LogP contribution in [0.3, 0.4) is 0 Å². The predicted octanol–water partition coefficient (Wildman–Crippen LogP) is 3.55. The molecule has 1 atom stereocenters. The van der Waals surface area contributed by atoms with Gasteiger partial charge in [0, 0.05) is 11.6 Å². The average molecular weight is 306 g/mol. The summed E-state index contributed by atoms with van der Waals surface area (Å²) in [4.78, 5) is 16.9. The van der Waals surface area contributed by atoms with Gasteiger partial charge in [0.05, 0.1) is 22.7 Å². The molecular formula is C18H18N4O. The molecule has 5 heteroatoms. The molecule has 0 saturated heterocycles. The first-order valence-electron chi connectivity index (χ1n) is 7.63. The number of hydrogen-bond donors (Lipinski definition) is 1. The minimum atomic E-state index is -0.108. The second-order valence-corrected chi connectivity index (χ2v) is 6.06. The number of nitrogens with one attached hydrogen (secondary N) is 1. The number of carbonyl (C=O) groups excluding carboxylic acids is 1. The SMILES string of the molecule is CC(C)[C@H](C)C(=O)Nc1nc2ccc(C#N)cc2n1C1=CC=C1. The van der Waals surface area contributed by atoms with Crippen LogP contribution in [-0.2, 0) is 4.79 Å². The van der Waals surface area contributed by atoms with Gasteiger partial charge in [0.2, 0.25) is 11.9 Å². The molecule has 0 radical (unpaired) electrons. The van der Waals surface area contributed by atoms with Crippen LogP contribution in [0.25, 0.3) is 16.7 Å². The fraction of sp³-hybridized carbons (Fsp3) is 0.278. The number of anilines is 1. The molecule has 0 unspecified atom stereocenters. The second kappa shape index (κ2) is 5.73. The Morgan fingerprint density at radius 3 is 2.65 bits per heavy atom. The maximum atomic E-state index is 12.4. The molecule has 1 N–H and O–H groups in total. The number of rotatable bonds is 4. The highest BCUT2D eigenvalue weighted by Gasteiger charge is 2.21. The lowest BCUT2D eigenvalue weighted by atomic mass is 9.97. The molecule has 23 heavy (non-hydrogen) atoms. The average Bonchev–Trinajstić information content (AvgIpc) is 2.82. The van der Waals surface area contributed by atoms with Gasteiger partial charge in [0.25, 0.3) is 0 Å². The maximum Gasteiger partial charge on any atom is 0.229 e. The van der Waals surface area contributed by atoms with Gasteiger partial charge in [-0.3, -0.25) is 14.7 Å². The van der Waals surface area contributed by atoms with E-state index in [-0.39, 0.29) is 17.7 Å². The van der Waals surface area contributed by atoms with Crippen molar-refractivity contribution in [3.8, 4) is 6.07 Å². The van der Waals surface area contributed by atoms with E-state index in [1.54, 1.807) is 18.2 Å². The van der Waals surface area contributed by atoms with Gasteiger partial charge in [-0.15, -0.1) is 0 Å². The molecule has 5 nitrogen and oxygen atoms in total. The number of imidazole rings is 1. The molecule has 0 bridgehead atoms. The Labute approximate surface area is 134 Å². The number of benzene rings is 1. The Morgan fingerprint density at radius 2 is 2.09 bits per heavy atom. The van der Waals surface area contributed by atoms with E-state index < -0.39 is 0 Å². The number of fused-ring (bicyclic) bond motifs is 1. The van der Waals surface area contributed by atoms with Crippen LogP contribution >= 0.6 is 0 Å². The van der Waals surface area contributed by atoms with Gasteiger partial charge >= 0.3 is 0 Å². The highest BCUT2D eigenvalue weighted by Crippen LogP contribution is 2.29. The molecule has 1 aromatic heterocycles. The molecule has 116 valence electrons. The van der Waals surface area contributed by atoms with Gasteiger partial charge in [-0.1, -0.05) is 26.8 Å². The summed E-state index contributed by atoms with van der Waals surface area (Å²) in [6.07, 6.45) is 5.82. The number of aromatic nitrogens is 2. The van der Waals surface area contributed by atoms with E-state index in [1.165, 1.54) is 0 Å². The van der Waals surface area contributed by atoms with Crippen molar-refractivity contribution in [2.45, 2.75) is 20.8 Å². The minimum Gasteiger partial charge on any atom is -0.295 e. The lowest BCUT2D eigenvalue weighted by Crippen LogP contribution is -2.26. The Balaban J connectivity index is 2.06. The molecule has 3 rings (SSSR count). The summed E-state index contributed by atoms with van der Waals surface area (Å²) in [6, 6.07) is 7.46. The van der Waals surface area contributed by atoms with Crippen LogP contribution in [-0.4, -0.2) is 15.5 Å². The molecular weight excluding hydrogens is 288 g/mol. The largest absolute Gasteiger partial charge is 0.295 e. The highest BCUT2D eigenvalue weighted by atomic mass is 16.2. The van der Waals surface area contributed by atoms with E-state index in [2.05, 4.69) is 16.4 Å². The second-order valence-electron chi connectivity index (χ2n) is 6.06. The molecule has 1 aliphatic carbocycles. The van der Waals surface area contributed by atoms with E-state index in [0.29, 0.717) is 11.5 Å². The molecule has 1 aliphatic rings. The summed E-state index contributed by atoms with van der Waals surface area (Å²) in [5, 5.41) is 12.0. The third kappa shape index (κ3) is 2.64. The summed E-state index contributed by atoms with van der Waals surface area (Å²) < 4.78 is 1.88. The monoisotopic (exact) mass is 306 g/mol. The number of allylic oxidation sites excluding steroid dienone is 4. The Morgan fingerprint density at radius 1 is 1.35 bits per heavy atom. The van der Waals surface area contributed by atoms with Gasteiger partial charge in [0.1, 0.15) is 0 Å². The highest BCUT2D eigenvalue weighted by molar-refractivity contribution is 5.95. The Hall–Kier alpha value is -2.87. The van der Waals surface area contributed by atoms with Crippen LogP contribution in [0.1, 0.15) is 26.3 Å². The zero-order valence-electron chi connectivity index (χ0n) is 13.4. The van der Waals surface area contributed by atoms with Crippen LogP contribution in [0.5, 0.6) is 0 Å². The summed E-state index contributed by atoms with van der Waals surface area (Å²) in [5.74, 6) is 0.578. The van der Waals surface area contributed by atoms with Crippen molar-refractivity contribution < 1.29 is 4.79 Å². The van der Waals surface area contributed by atoms with Crippen LogP contribution in [0, 0.1) is 23.2 Å². The van der Waals surface area contributed by atoms with E-state index in [4.69, 9.17) is 5.26 Å². The Kier molecular flexibility index (Phi) is 3.75. The minimum absolute atomic E-state index is 0.0547. The summed E-state index contributed by atoms with van der Waals surface area (Å²) in [6.45, 7) is 5.94. The third-order valence-corrected chi connectivity index (χ3v) is 4.22. The first-order chi connectivity index (χ1) is 11.0. The normalized spacial score (nSPS) is 14.3. The predicted molar refractivity (Wildman–Crippen MR) is 90.5 cm³/mol.